The number of carbonyl (C=O) groups excluding carboxylic acids is 2. The van der Waals surface area contributed by atoms with Gasteiger partial charge in [0.15, 0.2) is 18.4 Å². The first-order valence-corrected chi connectivity index (χ1v) is 12.2. The van der Waals surface area contributed by atoms with Gasteiger partial charge >= 0.3 is 5.97 Å². The van der Waals surface area contributed by atoms with Gasteiger partial charge in [-0.15, -0.1) is 0 Å². The number of benzene rings is 1. The van der Waals surface area contributed by atoms with Crippen LogP contribution in [0.2, 0.25) is 0 Å². The van der Waals surface area contributed by atoms with E-state index in [-0.39, 0.29) is 30.3 Å². The Bertz CT molecular complexity index is 1070. The van der Waals surface area contributed by atoms with Crippen LogP contribution in [0, 0.1) is 5.92 Å². The molecule has 1 aromatic carbocycles. The van der Waals surface area contributed by atoms with Gasteiger partial charge in [-0.25, -0.2) is 9.18 Å². The van der Waals surface area contributed by atoms with Gasteiger partial charge < -0.3 is 33.7 Å². The van der Waals surface area contributed by atoms with Crippen LogP contribution in [-0.2, 0) is 18.9 Å². The summed E-state index contributed by atoms with van der Waals surface area (Å²) in [6.45, 7) is 6.56. The standard InChI is InChI=1S/C26H35BFNO8/c1-14-10-18(28)22(30)23-19(36-26(3,4)37-23)9-7-8-16-11-17(29(5)25(27)32)12-20(34-13-33-6)21(16)24(31)35-15(14)2/h7-8,10-12,14-15,19,22-23,30H,9,13,27H2,1-6H3/b8-7+,18-10+/t14-,15+,19+,22-,23+/m1/s1. The normalized spacial score (nSPS) is 30.1. The van der Waals surface area contributed by atoms with E-state index in [9.17, 15) is 14.7 Å². The molecule has 0 spiro atoms. The highest BCUT2D eigenvalue weighted by Crippen LogP contribution is 2.36. The Kier molecular flexibility index (Phi) is 9.17. The quantitative estimate of drug-likeness (QED) is 0.368. The zero-order valence-corrected chi connectivity index (χ0v) is 22.3. The molecule has 3 rings (SSSR count). The average molecular weight is 519 g/mol. The van der Waals surface area contributed by atoms with Crippen molar-refractivity contribution in [3.8, 4) is 5.75 Å². The van der Waals surface area contributed by atoms with Crippen LogP contribution in [0.4, 0.5) is 14.9 Å². The van der Waals surface area contributed by atoms with Gasteiger partial charge in [-0.3, -0.25) is 4.79 Å². The second-order valence-electron chi connectivity index (χ2n) is 9.78. The van der Waals surface area contributed by atoms with Gasteiger partial charge in [-0.1, -0.05) is 19.1 Å². The maximum Gasteiger partial charge on any atom is 0.342 e. The van der Waals surface area contributed by atoms with Crippen molar-refractivity contribution in [3.63, 3.8) is 0 Å². The van der Waals surface area contributed by atoms with Crippen LogP contribution >= 0.6 is 0 Å². The lowest BCUT2D eigenvalue weighted by Gasteiger charge is -2.24. The highest BCUT2D eigenvalue weighted by molar-refractivity contribution is 6.60. The molecular weight excluding hydrogens is 484 g/mol. The van der Waals surface area contributed by atoms with E-state index in [2.05, 4.69) is 0 Å². The number of halogens is 1. The fourth-order valence-corrected chi connectivity index (χ4v) is 4.20. The highest BCUT2D eigenvalue weighted by atomic mass is 19.1. The first kappa shape index (κ1) is 28.8. The fraction of sp³-hybridized carbons (Fsp3) is 0.538. The average Bonchev–Trinajstić information content (AvgIpc) is 3.14. The summed E-state index contributed by atoms with van der Waals surface area (Å²) in [7, 11) is 4.48. The third kappa shape index (κ3) is 6.78. The number of anilines is 1. The monoisotopic (exact) mass is 519 g/mol. The summed E-state index contributed by atoms with van der Waals surface area (Å²) in [5.41, 5.74) is 1.07. The molecule has 5 atom stereocenters. The number of rotatable bonds is 4. The molecule has 0 saturated carbocycles. The lowest BCUT2D eigenvalue weighted by molar-refractivity contribution is -0.153. The van der Waals surface area contributed by atoms with E-state index in [0.717, 1.165) is 0 Å². The van der Waals surface area contributed by atoms with Crippen LogP contribution in [0.25, 0.3) is 6.08 Å². The maximum atomic E-state index is 15.0. The Labute approximate surface area is 217 Å². The van der Waals surface area contributed by atoms with Gasteiger partial charge in [-0.2, -0.15) is 0 Å². The fourth-order valence-electron chi connectivity index (χ4n) is 4.20. The molecule has 0 aromatic heterocycles. The van der Waals surface area contributed by atoms with E-state index >= 15 is 4.39 Å². The summed E-state index contributed by atoms with van der Waals surface area (Å²) >= 11 is 0. The molecular formula is C26H35BFNO8. The number of carbonyl (C=O) groups is 2. The zero-order valence-electron chi connectivity index (χ0n) is 22.3. The number of esters is 1. The smallest absolute Gasteiger partial charge is 0.342 e. The first-order valence-electron chi connectivity index (χ1n) is 12.2. The molecule has 0 aliphatic carbocycles. The van der Waals surface area contributed by atoms with Gasteiger partial charge in [0.2, 0.25) is 7.85 Å². The summed E-state index contributed by atoms with van der Waals surface area (Å²) in [5, 5.41) is 10.7. The van der Waals surface area contributed by atoms with Gasteiger partial charge in [0.25, 0.3) is 0 Å². The summed E-state index contributed by atoms with van der Waals surface area (Å²) in [6.07, 6.45) is 0.997. The second kappa shape index (κ2) is 11.8. The Morgan fingerprint density at radius 2 is 2.00 bits per heavy atom. The summed E-state index contributed by atoms with van der Waals surface area (Å²) in [6, 6.07) is 3.24. The number of cyclic esters (lactones) is 1. The third-order valence-electron chi connectivity index (χ3n) is 6.45. The highest BCUT2D eigenvalue weighted by Gasteiger charge is 2.45. The Morgan fingerprint density at radius 3 is 2.65 bits per heavy atom. The molecule has 202 valence electrons. The number of aliphatic hydroxyl groups is 1. The molecule has 1 N–H and O–H groups in total. The molecule has 9 nitrogen and oxygen atoms in total. The Balaban J connectivity index is 2.15. The molecule has 2 heterocycles. The van der Waals surface area contributed by atoms with Gasteiger partial charge in [-0.05, 0) is 44.9 Å². The molecule has 1 saturated heterocycles. The van der Waals surface area contributed by atoms with E-state index in [0.29, 0.717) is 11.3 Å². The number of methoxy groups -OCH3 is 1. The number of hydrogen-bond acceptors (Lipinski definition) is 8. The minimum Gasteiger partial charge on any atom is -0.467 e. The van der Waals surface area contributed by atoms with Crippen LogP contribution in [0.15, 0.2) is 30.1 Å². The van der Waals surface area contributed by atoms with E-state index in [1.54, 1.807) is 59.0 Å². The van der Waals surface area contributed by atoms with Crippen molar-refractivity contribution in [2.45, 2.75) is 64.3 Å². The SMILES string of the molecule is BC(=O)N(C)c1cc2c(c(OCOC)c1)C(=O)O[C@@H](C)[C@H](C)/C=C(/F)[C@@H](O)[C@H]1OC(C)(C)O[C@H]1C/C=C/2. The van der Waals surface area contributed by atoms with Crippen LogP contribution in [0.1, 0.15) is 50.0 Å². The molecule has 37 heavy (non-hydrogen) atoms. The lowest BCUT2D eigenvalue weighted by atomic mass is 9.98. The summed E-state index contributed by atoms with van der Waals surface area (Å²) in [4.78, 5) is 26.9. The zero-order chi connectivity index (χ0) is 27.5. The molecule has 11 heteroatoms. The van der Waals surface area contributed by atoms with Crippen LogP contribution in [0.3, 0.4) is 0 Å². The third-order valence-corrected chi connectivity index (χ3v) is 6.45. The number of ether oxygens (including phenoxy) is 5. The van der Waals surface area contributed by atoms with Gasteiger partial charge in [0, 0.05) is 31.8 Å². The van der Waals surface area contributed by atoms with E-state index in [4.69, 9.17) is 23.7 Å². The van der Waals surface area contributed by atoms with Crippen molar-refractivity contribution in [2.75, 3.05) is 25.9 Å². The van der Waals surface area contributed by atoms with Gasteiger partial charge in [0.05, 0.1) is 6.10 Å². The predicted molar refractivity (Wildman–Crippen MR) is 138 cm³/mol. The lowest BCUT2D eigenvalue weighted by Crippen LogP contribution is -2.36. The molecule has 2 aliphatic heterocycles. The Morgan fingerprint density at radius 1 is 1.30 bits per heavy atom. The minimum atomic E-state index is -1.55. The molecule has 1 fully saturated rings. The van der Waals surface area contributed by atoms with Gasteiger partial charge in [0.1, 0.15) is 35.5 Å². The summed E-state index contributed by atoms with van der Waals surface area (Å²) < 4.78 is 43.2. The van der Waals surface area contributed by atoms with E-state index < -0.39 is 47.9 Å². The molecule has 1 aromatic rings. The van der Waals surface area contributed by atoms with Crippen molar-refractivity contribution in [2.24, 2.45) is 5.92 Å². The first-order chi connectivity index (χ1) is 17.3. The number of aliphatic hydroxyl groups excluding tert-OH is 1. The topological polar surface area (TPSA) is 104 Å². The molecule has 0 bridgehead atoms. The molecule has 0 unspecified atom stereocenters. The molecule has 0 radical (unpaired) electrons. The predicted octanol–water partition coefficient (Wildman–Crippen LogP) is 3.19. The summed E-state index contributed by atoms with van der Waals surface area (Å²) in [5.74, 6) is -3.10. The maximum absolute atomic E-state index is 15.0. The van der Waals surface area contributed by atoms with Crippen molar-refractivity contribution in [3.05, 3.63) is 41.2 Å². The second-order valence-corrected chi connectivity index (χ2v) is 9.78. The van der Waals surface area contributed by atoms with E-state index in [1.807, 2.05) is 0 Å². The van der Waals surface area contributed by atoms with Crippen LogP contribution < -0.4 is 9.64 Å². The number of hydrogen-bond donors (Lipinski definition) is 1. The van der Waals surface area contributed by atoms with Crippen molar-refractivity contribution in [1.29, 1.82) is 0 Å². The van der Waals surface area contributed by atoms with Crippen molar-refractivity contribution in [1.82, 2.24) is 0 Å². The number of nitrogens with zero attached hydrogens (tertiary/aromatic N) is 1. The van der Waals surface area contributed by atoms with Crippen molar-refractivity contribution < 1.29 is 42.8 Å². The number of fused-ring (bicyclic) bond motifs is 2. The van der Waals surface area contributed by atoms with Crippen LogP contribution in [0.5, 0.6) is 5.75 Å². The number of amides is 1. The van der Waals surface area contributed by atoms with E-state index in [1.165, 1.54) is 25.9 Å². The Hall–Kier alpha value is -2.73. The minimum absolute atomic E-state index is 0.134. The molecule has 1 amide bonds. The molecule has 2 aliphatic rings. The largest absolute Gasteiger partial charge is 0.467 e. The van der Waals surface area contributed by atoms with Crippen molar-refractivity contribution >= 4 is 31.4 Å². The van der Waals surface area contributed by atoms with Crippen LogP contribution in [-0.4, -0.2) is 75.9 Å².